The molecule has 0 aliphatic rings. The molecule has 2 rings (SSSR count). The van der Waals surface area contributed by atoms with Gasteiger partial charge in [-0.15, -0.1) is 0 Å². The summed E-state index contributed by atoms with van der Waals surface area (Å²) in [5, 5.41) is 15.8. The predicted octanol–water partition coefficient (Wildman–Crippen LogP) is 0.663. The Morgan fingerprint density at radius 2 is 2.14 bits per heavy atom. The quantitative estimate of drug-likeness (QED) is 0.837. The van der Waals surface area contributed by atoms with Crippen LogP contribution in [0.2, 0.25) is 0 Å². The molecule has 0 aromatic carbocycles. The summed E-state index contributed by atoms with van der Waals surface area (Å²) < 4.78 is 1.46. The van der Waals surface area contributed by atoms with E-state index in [1.54, 1.807) is 20.8 Å². The minimum Gasteiger partial charge on any atom is -0.481 e. The predicted molar refractivity (Wildman–Crippen MR) is 73.9 cm³/mol. The number of aryl methyl sites for hydroxylation is 1. The largest absolute Gasteiger partial charge is 0.481 e. The van der Waals surface area contributed by atoms with Gasteiger partial charge in [0.25, 0.3) is 11.7 Å². The van der Waals surface area contributed by atoms with Crippen LogP contribution in [0.15, 0.2) is 12.5 Å². The third kappa shape index (κ3) is 2.69. The average Bonchev–Trinajstić information content (AvgIpc) is 2.94. The van der Waals surface area contributed by atoms with E-state index in [1.165, 1.54) is 17.0 Å². The van der Waals surface area contributed by atoms with Gasteiger partial charge >= 0.3 is 5.97 Å². The highest BCUT2D eigenvalue weighted by molar-refractivity contribution is 5.95. The van der Waals surface area contributed by atoms with Crippen LogP contribution >= 0.6 is 0 Å². The number of nitrogens with zero attached hydrogens (tertiary/aromatic N) is 4. The first-order chi connectivity index (χ1) is 9.89. The number of carbonyl (C=O) groups is 2. The van der Waals surface area contributed by atoms with Crippen molar-refractivity contribution in [3.05, 3.63) is 23.8 Å². The van der Waals surface area contributed by atoms with E-state index in [1.807, 2.05) is 0 Å². The van der Waals surface area contributed by atoms with Crippen LogP contribution < -0.4 is 5.32 Å². The first-order valence-corrected chi connectivity index (χ1v) is 6.56. The Hall–Kier alpha value is -2.51. The normalized spacial score (nSPS) is 13.9. The second-order valence-corrected chi connectivity index (χ2v) is 5.13. The zero-order valence-corrected chi connectivity index (χ0v) is 12.1. The van der Waals surface area contributed by atoms with Crippen LogP contribution in [-0.4, -0.2) is 43.1 Å². The number of amides is 1. The van der Waals surface area contributed by atoms with Crippen LogP contribution in [0.1, 0.15) is 36.3 Å². The lowest BCUT2D eigenvalue weighted by Crippen LogP contribution is -2.40. The fourth-order valence-electron chi connectivity index (χ4n) is 1.84. The monoisotopic (exact) mass is 291 g/mol. The van der Waals surface area contributed by atoms with Crippen LogP contribution in [0, 0.1) is 12.3 Å². The summed E-state index contributed by atoms with van der Waals surface area (Å²) in [6, 6.07) is 0. The zero-order chi connectivity index (χ0) is 15.6. The summed E-state index contributed by atoms with van der Waals surface area (Å²) in [7, 11) is 0. The Labute approximate surface area is 121 Å². The molecule has 112 valence electrons. The Balaban J connectivity index is 2.19. The van der Waals surface area contributed by atoms with Crippen LogP contribution in [0.5, 0.6) is 0 Å². The van der Waals surface area contributed by atoms with Crippen LogP contribution in [0.25, 0.3) is 5.78 Å². The second-order valence-electron chi connectivity index (χ2n) is 5.13. The second kappa shape index (κ2) is 5.47. The van der Waals surface area contributed by atoms with Gasteiger partial charge in [-0.3, -0.25) is 9.59 Å². The molecule has 0 spiro atoms. The van der Waals surface area contributed by atoms with Gasteiger partial charge in [0.05, 0.1) is 16.7 Å². The molecule has 0 saturated carbocycles. The lowest BCUT2D eigenvalue weighted by molar-refractivity contribution is -0.147. The first-order valence-electron chi connectivity index (χ1n) is 6.56. The summed E-state index contributed by atoms with van der Waals surface area (Å²) in [5.74, 6) is -0.904. The van der Waals surface area contributed by atoms with Crippen molar-refractivity contribution < 1.29 is 14.7 Å². The number of nitrogens with one attached hydrogen (secondary N) is 1. The summed E-state index contributed by atoms with van der Waals surface area (Å²) >= 11 is 0. The van der Waals surface area contributed by atoms with E-state index in [4.69, 9.17) is 0 Å². The van der Waals surface area contributed by atoms with Crippen molar-refractivity contribution in [3.63, 3.8) is 0 Å². The van der Waals surface area contributed by atoms with E-state index < -0.39 is 11.4 Å². The van der Waals surface area contributed by atoms with Gasteiger partial charge in [-0.05, 0) is 20.3 Å². The average molecular weight is 291 g/mol. The number of rotatable bonds is 5. The molecule has 0 aliphatic heterocycles. The summed E-state index contributed by atoms with van der Waals surface area (Å²) in [6.07, 6.45) is 3.19. The fourth-order valence-corrected chi connectivity index (χ4v) is 1.84. The molecule has 0 saturated heterocycles. The molecular formula is C13H17N5O3. The van der Waals surface area contributed by atoms with Crippen molar-refractivity contribution in [2.75, 3.05) is 6.54 Å². The third-order valence-corrected chi connectivity index (χ3v) is 3.73. The molecule has 1 amide bonds. The van der Waals surface area contributed by atoms with Gasteiger partial charge in [-0.1, -0.05) is 6.92 Å². The number of hydrogen-bond donors (Lipinski definition) is 2. The van der Waals surface area contributed by atoms with E-state index in [-0.39, 0.29) is 12.5 Å². The van der Waals surface area contributed by atoms with Gasteiger partial charge in [-0.25, -0.2) is 9.50 Å². The molecule has 2 heterocycles. The van der Waals surface area contributed by atoms with E-state index >= 15 is 0 Å². The van der Waals surface area contributed by atoms with Crippen molar-refractivity contribution in [1.29, 1.82) is 0 Å². The maximum atomic E-state index is 12.2. The van der Waals surface area contributed by atoms with Gasteiger partial charge in [0.1, 0.15) is 6.33 Å². The molecule has 0 radical (unpaired) electrons. The molecule has 0 fully saturated rings. The molecule has 2 aromatic heterocycles. The molecule has 2 N–H and O–H groups in total. The molecule has 2 aromatic rings. The Morgan fingerprint density at radius 3 is 2.76 bits per heavy atom. The van der Waals surface area contributed by atoms with Crippen LogP contribution in [0.4, 0.5) is 0 Å². The topological polar surface area (TPSA) is 109 Å². The lowest BCUT2D eigenvalue weighted by atomic mass is 9.87. The van der Waals surface area contributed by atoms with E-state index in [9.17, 15) is 14.7 Å². The van der Waals surface area contributed by atoms with Crippen molar-refractivity contribution in [2.24, 2.45) is 5.41 Å². The molecule has 1 atom stereocenters. The minimum atomic E-state index is -0.992. The first kappa shape index (κ1) is 14.9. The number of carboxylic acids is 1. The van der Waals surface area contributed by atoms with Crippen molar-refractivity contribution >= 4 is 17.7 Å². The lowest BCUT2D eigenvalue weighted by Gasteiger charge is -2.23. The fraction of sp³-hybridized carbons (Fsp3) is 0.462. The van der Waals surface area contributed by atoms with Crippen LogP contribution in [0.3, 0.4) is 0 Å². The van der Waals surface area contributed by atoms with E-state index in [0.717, 1.165) is 0 Å². The minimum absolute atomic E-state index is 0.0481. The molecule has 8 nitrogen and oxygen atoms in total. The van der Waals surface area contributed by atoms with Gasteiger partial charge in [0, 0.05) is 12.7 Å². The highest BCUT2D eigenvalue weighted by Crippen LogP contribution is 2.20. The SMILES string of the molecule is CCC(C)(CNC(=O)c1cnc2ncnn2c1C)C(=O)O. The number of carboxylic acid groups (broad SMARTS) is 1. The Kier molecular flexibility index (Phi) is 3.88. The number of aromatic nitrogens is 4. The van der Waals surface area contributed by atoms with Crippen molar-refractivity contribution in [3.8, 4) is 0 Å². The molecular weight excluding hydrogens is 274 g/mol. The number of fused-ring (bicyclic) bond motifs is 1. The van der Waals surface area contributed by atoms with Gasteiger partial charge in [0.2, 0.25) is 0 Å². The molecule has 1 unspecified atom stereocenters. The maximum Gasteiger partial charge on any atom is 0.311 e. The molecule has 0 aliphatic carbocycles. The van der Waals surface area contributed by atoms with Crippen LogP contribution in [-0.2, 0) is 4.79 Å². The summed E-state index contributed by atoms with van der Waals surface area (Å²) in [5.41, 5.74) is -0.0469. The Bertz CT molecular complexity index is 696. The number of hydrogen-bond acceptors (Lipinski definition) is 5. The maximum absolute atomic E-state index is 12.2. The van der Waals surface area contributed by atoms with Crippen molar-refractivity contribution in [2.45, 2.75) is 27.2 Å². The van der Waals surface area contributed by atoms with E-state index in [0.29, 0.717) is 23.5 Å². The third-order valence-electron chi connectivity index (χ3n) is 3.73. The highest BCUT2D eigenvalue weighted by Gasteiger charge is 2.31. The highest BCUT2D eigenvalue weighted by atomic mass is 16.4. The van der Waals surface area contributed by atoms with Gasteiger partial charge in [-0.2, -0.15) is 10.1 Å². The Morgan fingerprint density at radius 1 is 1.43 bits per heavy atom. The molecule has 8 heteroatoms. The molecule has 21 heavy (non-hydrogen) atoms. The van der Waals surface area contributed by atoms with Crippen molar-refractivity contribution in [1.82, 2.24) is 24.9 Å². The molecule has 0 bridgehead atoms. The zero-order valence-electron chi connectivity index (χ0n) is 12.1. The van der Waals surface area contributed by atoms with Gasteiger partial charge in [0.15, 0.2) is 0 Å². The number of aliphatic carboxylic acids is 1. The van der Waals surface area contributed by atoms with Gasteiger partial charge < -0.3 is 10.4 Å². The summed E-state index contributed by atoms with van der Waals surface area (Å²) in [4.78, 5) is 31.4. The van der Waals surface area contributed by atoms with E-state index in [2.05, 4.69) is 20.4 Å². The standard InChI is InChI=1S/C13H17N5O3/c1-4-13(3,11(20)21)6-15-10(19)9-5-14-12-16-7-17-18(12)8(9)2/h5,7H,4,6H2,1-3H3,(H,15,19)(H,20,21). The smallest absolute Gasteiger partial charge is 0.311 e. The summed E-state index contributed by atoms with van der Waals surface area (Å²) in [6.45, 7) is 5.15. The number of carbonyl (C=O) groups excluding carboxylic acids is 1.